The van der Waals surface area contributed by atoms with Crippen LogP contribution in [-0.2, 0) is 15.9 Å². The summed E-state index contributed by atoms with van der Waals surface area (Å²) >= 11 is 1.56. The molecule has 1 heterocycles. The summed E-state index contributed by atoms with van der Waals surface area (Å²) in [6, 6.07) is 14.7. The van der Waals surface area contributed by atoms with Crippen LogP contribution in [0.2, 0.25) is 0 Å². The van der Waals surface area contributed by atoms with Crippen LogP contribution in [0.5, 0.6) is 5.75 Å². The van der Waals surface area contributed by atoms with E-state index in [4.69, 9.17) is 14.2 Å². The van der Waals surface area contributed by atoms with Gasteiger partial charge in [-0.25, -0.2) is 0 Å². The molecule has 0 saturated carbocycles. The second-order valence-electron chi connectivity index (χ2n) is 8.85. The molecule has 2 aromatic carbocycles. The number of ether oxygens (including phenoxy) is 3. The molecule has 0 unspecified atom stereocenters. The van der Waals surface area contributed by atoms with Gasteiger partial charge in [-0.15, -0.1) is 10.2 Å². The van der Waals surface area contributed by atoms with Crippen molar-refractivity contribution in [3.8, 4) is 33.0 Å². The van der Waals surface area contributed by atoms with Crippen molar-refractivity contribution in [2.45, 2.75) is 38.8 Å². The zero-order chi connectivity index (χ0) is 24.8. The summed E-state index contributed by atoms with van der Waals surface area (Å²) in [7, 11) is 3.49. The van der Waals surface area contributed by atoms with Crippen molar-refractivity contribution in [1.82, 2.24) is 15.1 Å². The SMILES string of the molecule is COCCN(CCOC)[C@H]1CCc2c(-c3nnc(-c4ccc(OC(C)C)c(C#N)c4)s3)cccc21. The minimum atomic E-state index is 0.00463. The number of fused-ring (bicyclic) bond motifs is 1. The summed E-state index contributed by atoms with van der Waals surface area (Å²) in [6.45, 7) is 7.03. The minimum absolute atomic E-state index is 0.00463. The lowest BCUT2D eigenvalue weighted by atomic mass is 10.0. The monoisotopic (exact) mass is 492 g/mol. The highest BCUT2D eigenvalue weighted by atomic mass is 32.1. The Balaban J connectivity index is 1.61. The molecule has 0 radical (unpaired) electrons. The van der Waals surface area contributed by atoms with Crippen molar-refractivity contribution in [1.29, 1.82) is 5.26 Å². The van der Waals surface area contributed by atoms with Gasteiger partial charge in [-0.1, -0.05) is 29.5 Å². The molecule has 184 valence electrons. The van der Waals surface area contributed by atoms with Gasteiger partial charge in [-0.05, 0) is 56.0 Å². The standard InChI is InChI=1S/C27H32N4O3S/c1-18(2)34-25-11-8-19(16-20(25)17-28)26-29-30-27(35-26)23-7-5-6-22-21(23)9-10-24(22)31(12-14-32-3)13-15-33-4/h5-8,11,16,18,24H,9-10,12-15H2,1-4H3/t24-/m0/s1. The molecule has 0 saturated heterocycles. The van der Waals surface area contributed by atoms with Gasteiger partial charge in [0.25, 0.3) is 0 Å². The molecule has 0 aliphatic heterocycles. The molecular formula is C27H32N4O3S. The van der Waals surface area contributed by atoms with Crippen LogP contribution in [0.1, 0.15) is 43.0 Å². The summed E-state index contributed by atoms with van der Waals surface area (Å²) in [6.07, 6.45) is 2.07. The van der Waals surface area contributed by atoms with Crippen molar-refractivity contribution in [3.05, 3.63) is 53.1 Å². The molecule has 0 bridgehead atoms. The van der Waals surface area contributed by atoms with Crippen LogP contribution < -0.4 is 4.74 Å². The molecule has 0 amide bonds. The fourth-order valence-electron chi connectivity index (χ4n) is 4.61. The maximum absolute atomic E-state index is 9.59. The first-order valence-electron chi connectivity index (χ1n) is 11.9. The zero-order valence-corrected chi connectivity index (χ0v) is 21.6. The Labute approximate surface area is 211 Å². The second-order valence-corrected chi connectivity index (χ2v) is 9.83. The highest BCUT2D eigenvalue weighted by Crippen LogP contribution is 2.42. The van der Waals surface area contributed by atoms with Crippen molar-refractivity contribution >= 4 is 11.3 Å². The van der Waals surface area contributed by atoms with E-state index in [1.165, 1.54) is 11.1 Å². The average molecular weight is 493 g/mol. The van der Waals surface area contributed by atoms with Crippen molar-refractivity contribution in [2.75, 3.05) is 40.5 Å². The van der Waals surface area contributed by atoms with Crippen LogP contribution in [0.15, 0.2) is 36.4 Å². The van der Waals surface area contributed by atoms with Gasteiger partial charge in [0.15, 0.2) is 0 Å². The molecule has 35 heavy (non-hydrogen) atoms. The largest absolute Gasteiger partial charge is 0.490 e. The van der Waals surface area contributed by atoms with Crippen molar-refractivity contribution in [3.63, 3.8) is 0 Å². The summed E-state index contributed by atoms with van der Waals surface area (Å²) < 4.78 is 16.5. The molecule has 7 nitrogen and oxygen atoms in total. The van der Waals surface area contributed by atoms with Crippen molar-refractivity contribution in [2.24, 2.45) is 0 Å². The van der Waals surface area contributed by atoms with Gasteiger partial charge in [0, 0.05) is 44.5 Å². The first kappa shape index (κ1) is 25.3. The topological polar surface area (TPSA) is 80.5 Å². The molecule has 1 aliphatic rings. The van der Waals surface area contributed by atoms with Crippen LogP contribution in [0.3, 0.4) is 0 Å². The molecule has 0 spiro atoms. The molecule has 1 aliphatic carbocycles. The third-order valence-corrected chi connectivity index (χ3v) is 7.22. The molecule has 1 atom stereocenters. The highest BCUT2D eigenvalue weighted by molar-refractivity contribution is 7.17. The zero-order valence-electron chi connectivity index (χ0n) is 20.8. The first-order chi connectivity index (χ1) is 17.0. The summed E-state index contributed by atoms with van der Waals surface area (Å²) in [5.41, 5.74) is 5.22. The fraction of sp³-hybridized carbons (Fsp3) is 0.444. The van der Waals surface area contributed by atoms with Gasteiger partial charge < -0.3 is 14.2 Å². The Bertz CT molecular complexity index is 1180. The van der Waals surface area contributed by atoms with E-state index in [0.717, 1.165) is 47.1 Å². The van der Waals surface area contributed by atoms with Crippen LogP contribution in [0, 0.1) is 11.3 Å². The number of nitrogens with zero attached hydrogens (tertiary/aromatic N) is 4. The first-order valence-corrected chi connectivity index (χ1v) is 12.8. The smallest absolute Gasteiger partial charge is 0.148 e. The number of hydrogen-bond acceptors (Lipinski definition) is 8. The quantitative estimate of drug-likeness (QED) is 0.368. The lowest BCUT2D eigenvalue weighted by molar-refractivity contribution is 0.0872. The van der Waals surface area contributed by atoms with E-state index >= 15 is 0 Å². The molecule has 0 N–H and O–H groups in total. The van der Waals surface area contributed by atoms with E-state index in [9.17, 15) is 5.26 Å². The van der Waals surface area contributed by atoms with Crippen LogP contribution in [0.25, 0.3) is 21.1 Å². The Hall–Kier alpha value is -2.83. The second kappa shape index (κ2) is 11.7. The predicted molar refractivity (Wildman–Crippen MR) is 138 cm³/mol. The maximum atomic E-state index is 9.59. The minimum Gasteiger partial charge on any atom is -0.490 e. The Morgan fingerprint density at radius 3 is 2.51 bits per heavy atom. The number of hydrogen-bond donors (Lipinski definition) is 0. The molecule has 4 rings (SSSR count). The number of benzene rings is 2. The number of methoxy groups -OCH3 is 2. The van der Waals surface area contributed by atoms with Gasteiger partial charge in [0.1, 0.15) is 21.8 Å². The molecule has 1 aromatic heterocycles. The average Bonchev–Trinajstić information content (AvgIpc) is 3.52. The van der Waals surface area contributed by atoms with Crippen LogP contribution >= 0.6 is 11.3 Å². The lowest BCUT2D eigenvalue weighted by Crippen LogP contribution is -2.33. The number of rotatable bonds is 11. The Kier molecular flexibility index (Phi) is 8.47. The molecule has 3 aromatic rings. The van der Waals surface area contributed by atoms with Crippen LogP contribution in [-0.4, -0.2) is 61.7 Å². The fourth-order valence-corrected chi connectivity index (χ4v) is 5.50. The van der Waals surface area contributed by atoms with E-state index < -0.39 is 0 Å². The maximum Gasteiger partial charge on any atom is 0.148 e. The van der Waals surface area contributed by atoms with Gasteiger partial charge in [0.2, 0.25) is 0 Å². The van der Waals surface area contributed by atoms with Gasteiger partial charge in [0.05, 0.1) is 24.9 Å². The lowest BCUT2D eigenvalue weighted by Gasteiger charge is -2.29. The predicted octanol–water partition coefficient (Wildman–Crippen LogP) is 5.11. The van der Waals surface area contributed by atoms with Crippen molar-refractivity contribution < 1.29 is 14.2 Å². The Morgan fingerprint density at radius 2 is 1.83 bits per heavy atom. The Morgan fingerprint density at radius 1 is 1.09 bits per heavy atom. The molecular weight excluding hydrogens is 460 g/mol. The third-order valence-electron chi connectivity index (χ3n) is 6.21. The number of nitriles is 1. The van der Waals surface area contributed by atoms with E-state index in [0.29, 0.717) is 30.6 Å². The third kappa shape index (κ3) is 5.71. The van der Waals surface area contributed by atoms with E-state index in [1.54, 1.807) is 25.6 Å². The molecule has 0 fully saturated rings. The highest BCUT2D eigenvalue weighted by Gasteiger charge is 2.30. The number of aromatic nitrogens is 2. The summed E-state index contributed by atoms with van der Waals surface area (Å²) in [5, 5.41) is 20.3. The normalized spacial score (nSPS) is 14.9. The summed E-state index contributed by atoms with van der Waals surface area (Å²) in [4.78, 5) is 2.46. The van der Waals surface area contributed by atoms with E-state index in [2.05, 4.69) is 39.4 Å². The summed E-state index contributed by atoms with van der Waals surface area (Å²) in [5.74, 6) is 0.592. The van der Waals surface area contributed by atoms with Crippen LogP contribution in [0.4, 0.5) is 0 Å². The molecule has 8 heteroatoms. The van der Waals surface area contributed by atoms with Gasteiger partial charge in [-0.2, -0.15) is 5.26 Å². The van der Waals surface area contributed by atoms with Gasteiger partial charge in [-0.3, -0.25) is 4.90 Å². The van der Waals surface area contributed by atoms with E-state index in [-0.39, 0.29) is 6.10 Å². The van der Waals surface area contributed by atoms with E-state index in [1.807, 2.05) is 32.0 Å². The van der Waals surface area contributed by atoms with Gasteiger partial charge >= 0.3 is 0 Å².